The van der Waals surface area contributed by atoms with Gasteiger partial charge < -0.3 is 14.2 Å². The van der Waals surface area contributed by atoms with Crippen molar-refractivity contribution in [1.29, 1.82) is 0 Å². The van der Waals surface area contributed by atoms with E-state index in [-0.39, 0.29) is 11.9 Å². The SMILES string of the molecule is COc1ccc(C2OC2C(=O)c2cccc(OC)c2)cc1. The minimum Gasteiger partial charge on any atom is -0.497 e. The molecule has 2 atom stereocenters. The van der Waals surface area contributed by atoms with Crippen molar-refractivity contribution in [1.82, 2.24) is 0 Å². The molecule has 1 heterocycles. The molecular weight excluding hydrogens is 268 g/mol. The minimum atomic E-state index is -0.412. The van der Waals surface area contributed by atoms with E-state index in [1.54, 1.807) is 32.4 Å². The predicted octanol–water partition coefficient (Wildman–Crippen LogP) is 3.03. The highest BCUT2D eigenvalue weighted by Gasteiger charge is 2.46. The van der Waals surface area contributed by atoms with Crippen molar-refractivity contribution in [2.45, 2.75) is 12.2 Å². The molecule has 3 rings (SSSR count). The maximum Gasteiger partial charge on any atom is 0.194 e. The van der Waals surface area contributed by atoms with Gasteiger partial charge in [0, 0.05) is 5.56 Å². The second-order valence-corrected chi connectivity index (χ2v) is 4.85. The molecule has 0 saturated carbocycles. The van der Waals surface area contributed by atoms with Gasteiger partial charge in [0.25, 0.3) is 0 Å². The zero-order valence-electron chi connectivity index (χ0n) is 11.9. The van der Waals surface area contributed by atoms with Crippen LogP contribution in [0.15, 0.2) is 48.5 Å². The number of benzene rings is 2. The highest BCUT2D eigenvalue weighted by molar-refractivity contribution is 6.01. The van der Waals surface area contributed by atoms with Gasteiger partial charge in [0.15, 0.2) is 11.9 Å². The Hall–Kier alpha value is -2.33. The van der Waals surface area contributed by atoms with Crippen LogP contribution in [0.5, 0.6) is 11.5 Å². The molecule has 0 aromatic heterocycles. The molecule has 4 heteroatoms. The van der Waals surface area contributed by atoms with Gasteiger partial charge in [-0.15, -0.1) is 0 Å². The number of ketones is 1. The summed E-state index contributed by atoms with van der Waals surface area (Å²) in [6, 6.07) is 14.7. The monoisotopic (exact) mass is 284 g/mol. The molecule has 21 heavy (non-hydrogen) atoms. The van der Waals surface area contributed by atoms with Crippen LogP contribution in [0.2, 0.25) is 0 Å². The summed E-state index contributed by atoms with van der Waals surface area (Å²) in [6.07, 6.45) is -0.583. The first kappa shape index (κ1) is 13.6. The van der Waals surface area contributed by atoms with Crippen LogP contribution in [0.3, 0.4) is 0 Å². The predicted molar refractivity (Wildman–Crippen MR) is 77.9 cm³/mol. The molecule has 108 valence electrons. The molecule has 1 aliphatic rings. The Balaban J connectivity index is 1.72. The summed E-state index contributed by atoms with van der Waals surface area (Å²) in [5.41, 5.74) is 1.59. The number of rotatable bonds is 5. The zero-order chi connectivity index (χ0) is 14.8. The van der Waals surface area contributed by atoms with Gasteiger partial charge >= 0.3 is 0 Å². The van der Waals surface area contributed by atoms with Gasteiger partial charge in [-0.3, -0.25) is 4.79 Å². The number of Topliss-reactive ketones (excluding diaryl/α,β-unsaturated/α-hetero) is 1. The van der Waals surface area contributed by atoms with Crippen molar-refractivity contribution < 1.29 is 19.0 Å². The highest BCUT2D eigenvalue weighted by atomic mass is 16.6. The number of epoxide rings is 1. The largest absolute Gasteiger partial charge is 0.497 e. The van der Waals surface area contributed by atoms with Crippen LogP contribution >= 0.6 is 0 Å². The van der Waals surface area contributed by atoms with Crippen molar-refractivity contribution in [3.05, 3.63) is 59.7 Å². The Morgan fingerprint density at radius 1 is 1.00 bits per heavy atom. The Morgan fingerprint density at radius 3 is 2.38 bits per heavy atom. The van der Waals surface area contributed by atoms with Crippen LogP contribution in [0, 0.1) is 0 Å². The fourth-order valence-electron chi connectivity index (χ4n) is 2.30. The Bertz CT molecular complexity index is 648. The molecule has 0 N–H and O–H groups in total. The molecule has 1 aliphatic heterocycles. The molecule has 2 unspecified atom stereocenters. The van der Waals surface area contributed by atoms with E-state index in [1.165, 1.54) is 0 Å². The van der Waals surface area contributed by atoms with E-state index in [0.717, 1.165) is 11.3 Å². The molecule has 4 nitrogen and oxygen atoms in total. The number of hydrogen-bond donors (Lipinski definition) is 0. The first-order valence-corrected chi connectivity index (χ1v) is 6.70. The van der Waals surface area contributed by atoms with Gasteiger partial charge in [-0.05, 0) is 29.8 Å². The molecule has 2 aromatic rings. The standard InChI is InChI=1S/C17H16O4/c1-19-13-8-6-11(7-9-13)16-17(21-16)15(18)12-4-3-5-14(10-12)20-2/h3-10,16-17H,1-2H3. The summed E-state index contributed by atoms with van der Waals surface area (Å²) in [6.45, 7) is 0. The molecule has 2 aromatic carbocycles. The third-order valence-electron chi connectivity index (χ3n) is 3.55. The lowest BCUT2D eigenvalue weighted by Gasteiger charge is -2.02. The lowest BCUT2D eigenvalue weighted by atomic mass is 10.0. The summed E-state index contributed by atoms with van der Waals surface area (Å²) in [5, 5.41) is 0. The summed E-state index contributed by atoms with van der Waals surface area (Å²) < 4.78 is 15.8. The van der Waals surface area contributed by atoms with Crippen LogP contribution in [0.25, 0.3) is 0 Å². The Kier molecular flexibility index (Phi) is 3.62. The quantitative estimate of drug-likeness (QED) is 0.625. The van der Waals surface area contributed by atoms with Crippen LogP contribution in [-0.4, -0.2) is 26.1 Å². The number of carbonyl (C=O) groups is 1. The third-order valence-corrected chi connectivity index (χ3v) is 3.55. The van der Waals surface area contributed by atoms with Gasteiger partial charge in [0.05, 0.1) is 14.2 Å². The van der Waals surface area contributed by atoms with Crippen molar-refractivity contribution >= 4 is 5.78 Å². The summed E-state index contributed by atoms with van der Waals surface area (Å²) in [7, 11) is 3.20. The van der Waals surface area contributed by atoms with E-state index < -0.39 is 6.10 Å². The molecule has 0 amide bonds. The summed E-state index contributed by atoms with van der Waals surface area (Å²) in [4.78, 5) is 12.4. The minimum absolute atomic E-state index is 0.0188. The van der Waals surface area contributed by atoms with Crippen LogP contribution in [-0.2, 0) is 4.74 Å². The number of carbonyl (C=O) groups excluding carboxylic acids is 1. The van der Waals surface area contributed by atoms with E-state index in [9.17, 15) is 4.79 Å². The van der Waals surface area contributed by atoms with E-state index in [1.807, 2.05) is 30.3 Å². The van der Waals surface area contributed by atoms with Gasteiger partial charge in [-0.1, -0.05) is 24.3 Å². The molecule has 0 spiro atoms. The van der Waals surface area contributed by atoms with Gasteiger partial charge in [0.2, 0.25) is 0 Å². The van der Waals surface area contributed by atoms with E-state index in [0.29, 0.717) is 11.3 Å². The highest BCUT2D eigenvalue weighted by Crippen LogP contribution is 2.41. The number of ether oxygens (including phenoxy) is 3. The molecule has 0 radical (unpaired) electrons. The second-order valence-electron chi connectivity index (χ2n) is 4.85. The lowest BCUT2D eigenvalue weighted by molar-refractivity contribution is 0.0953. The number of hydrogen-bond acceptors (Lipinski definition) is 4. The van der Waals surface area contributed by atoms with Gasteiger partial charge in [-0.2, -0.15) is 0 Å². The average Bonchev–Trinajstić information content (AvgIpc) is 3.35. The maximum atomic E-state index is 12.4. The zero-order valence-corrected chi connectivity index (χ0v) is 11.9. The first-order chi connectivity index (χ1) is 10.2. The molecule has 1 saturated heterocycles. The van der Waals surface area contributed by atoms with Crippen LogP contribution < -0.4 is 9.47 Å². The normalized spacial score (nSPS) is 19.9. The fraction of sp³-hybridized carbons (Fsp3) is 0.235. The Labute approximate surface area is 123 Å². The van der Waals surface area contributed by atoms with Crippen molar-refractivity contribution in [2.24, 2.45) is 0 Å². The molecule has 0 bridgehead atoms. The van der Waals surface area contributed by atoms with Crippen molar-refractivity contribution in [2.75, 3.05) is 14.2 Å². The maximum absolute atomic E-state index is 12.4. The third kappa shape index (κ3) is 2.76. The molecule has 1 fully saturated rings. The van der Waals surface area contributed by atoms with E-state index >= 15 is 0 Å². The fourth-order valence-corrected chi connectivity index (χ4v) is 2.30. The van der Waals surface area contributed by atoms with Crippen molar-refractivity contribution in [3.63, 3.8) is 0 Å². The van der Waals surface area contributed by atoms with E-state index in [4.69, 9.17) is 14.2 Å². The average molecular weight is 284 g/mol. The topological polar surface area (TPSA) is 48.1 Å². The molecule has 0 aliphatic carbocycles. The molecular formula is C17H16O4. The summed E-state index contributed by atoms with van der Waals surface area (Å²) in [5.74, 6) is 1.44. The van der Waals surface area contributed by atoms with Gasteiger partial charge in [0.1, 0.15) is 17.6 Å². The lowest BCUT2D eigenvalue weighted by Crippen LogP contribution is -2.08. The second kappa shape index (κ2) is 5.58. The van der Waals surface area contributed by atoms with Crippen LogP contribution in [0.4, 0.5) is 0 Å². The van der Waals surface area contributed by atoms with Crippen LogP contribution in [0.1, 0.15) is 22.0 Å². The number of methoxy groups -OCH3 is 2. The first-order valence-electron chi connectivity index (χ1n) is 6.70. The Morgan fingerprint density at radius 2 is 1.71 bits per heavy atom. The smallest absolute Gasteiger partial charge is 0.194 e. The van der Waals surface area contributed by atoms with Gasteiger partial charge in [-0.25, -0.2) is 0 Å². The summed E-state index contributed by atoms with van der Waals surface area (Å²) >= 11 is 0. The van der Waals surface area contributed by atoms with E-state index in [2.05, 4.69) is 0 Å². The van der Waals surface area contributed by atoms with Crippen molar-refractivity contribution in [3.8, 4) is 11.5 Å².